The zero-order valence-corrected chi connectivity index (χ0v) is 11.7. The summed E-state index contributed by atoms with van der Waals surface area (Å²) in [5, 5.41) is 10.8. The quantitative estimate of drug-likeness (QED) is 0.786. The molecule has 0 aliphatic carbocycles. The molecule has 1 aromatic carbocycles. The van der Waals surface area contributed by atoms with Crippen LogP contribution in [0.1, 0.15) is 16.8 Å². The minimum absolute atomic E-state index is 0.00946. The van der Waals surface area contributed by atoms with E-state index in [4.69, 9.17) is 5.73 Å². The number of nitrogen functional groups attached to an aromatic ring is 1. The van der Waals surface area contributed by atoms with Crippen LogP contribution in [0.2, 0.25) is 0 Å². The normalized spacial score (nSPS) is 11.0. The van der Waals surface area contributed by atoms with Gasteiger partial charge in [0, 0.05) is 5.38 Å². The van der Waals surface area contributed by atoms with Gasteiger partial charge >= 0.3 is 0 Å². The minimum atomic E-state index is -0.436. The summed E-state index contributed by atoms with van der Waals surface area (Å²) < 4.78 is 1.25. The maximum atomic E-state index is 12.3. The maximum Gasteiger partial charge on any atom is 0.278 e. The van der Waals surface area contributed by atoms with E-state index in [1.165, 1.54) is 15.7 Å². The molecule has 102 valence electrons. The number of aromatic nitrogens is 2. The van der Waals surface area contributed by atoms with Crippen molar-refractivity contribution >= 4 is 34.3 Å². The summed E-state index contributed by atoms with van der Waals surface area (Å²) >= 11 is 1.27. The predicted molar refractivity (Wildman–Crippen MR) is 83.8 cm³/mol. The molecular weight excluding hydrogens is 284 g/mol. The molecule has 0 saturated carbocycles. The molecule has 3 rings (SSSR count). The molecule has 0 fully saturated rings. The molecule has 0 amide bonds. The van der Waals surface area contributed by atoms with Crippen molar-refractivity contribution in [3.8, 4) is 6.07 Å². The van der Waals surface area contributed by atoms with Crippen LogP contribution < -0.4 is 11.3 Å². The first-order valence-electron chi connectivity index (χ1n) is 6.13. The van der Waals surface area contributed by atoms with Gasteiger partial charge in [-0.25, -0.2) is 9.38 Å². The summed E-state index contributed by atoms with van der Waals surface area (Å²) in [5.41, 5.74) is 6.60. The Balaban J connectivity index is 2.17. The van der Waals surface area contributed by atoms with Gasteiger partial charge in [-0.15, -0.1) is 11.3 Å². The van der Waals surface area contributed by atoms with E-state index in [0.29, 0.717) is 16.5 Å². The van der Waals surface area contributed by atoms with Gasteiger partial charge in [-0.1, -0.05) is 36.4 Å². The van der Waals surface area contributed by atoms with E-state index >= 15 is 0 Å². The summed E-state index contributed by atoms with van der Waals surface area (Å²) in [4.78, 5) is 17.1. The van der Waals surface area contributed by atoms with Gasteiger partial charge < -0.3 is 5.73 Å². The molecular formula is C15H10N4OS. The zero-order valence-electron chi connectivity index (χ0n) is 10.9. The van der Waals surface area contributed by atoms with E-state index in [-0.39, 0.29) is 5.56 Å². The molecule has 0 aliphatic heterocycles. The Labute approximate surface area is 124 Å². The Hall–Kier alpha value is -2.91. The highest BCUT2D eigenvalue weighted by Gasteiger charge is 2.13. The fourth-order valence-electron chi connectivity index (χ4n) is 1.95. The SMILES string of the molecule is N#Cc1c(C=Cc2ccccc2)nc2scc(N)n2c1=O. The standard InChI is InChI=1S/C15H10N4OS/c16-8-11-12(7-6-10-4-2-1-3-5-10)18-15-19(14(11)20)13(17)9-21-15/h1-7,9H,17H2. The molecule has 2 heterocycles. The minimum Gasteiger partial charge on any atom is -0.384 e. The van der Waals surface area contributed by atoms with Crippen molar-refractivity contribution in [3.63, 3.8) is 0 Å². The lowest BCUT2D eigenvalue weighted by Gasteiger charge is -2.00. The number of hydrogen-bond acceptors (Lipinski definition) is 5. The number of thiazole rings is 1. The van der Waals surface area contributed by atoms with Gasteiger partial charge in [0.2, 0.25) is 0 Å². The highest BCUT2D eigenvalue weighted by molar-refractivity contribution is 7.15. The Morgan fingerprint density at radius 3 is 2.76 bits per heavy atom. The first-order chi connectivity index (χ1) is 10.2. The van der Waals surface area contributed by atoms with E-state index in [0.717, 1.165) is 5.56 Å². The van der Waals surface area contributed by atoms with Gasteiger partial charge in [-0.05, 0) is 11.6 Å². The van der Waals surface area contributed by atoms with Crippen LogP contribution in [0.4, 0.5) is 5.82 Å². The number of benzene rings is 1. The highest BCUT2D eigenvalue weighted by atomic mass is 32.1. The molecule has 3 aromatic rings. The topological polar surface area (TPSA) is 84.2 Å². The van der Waals surface area contributed by atoms with Gasteiger partial charge in [-0.3, -0.25) is 4.79 Å². The van der Waals surface area contributed by atoms with Crippen LogP contribution in [0.3, 0.4) is 0 Å². The lowest BCUT2D eigenvalue weighted by molar-refractivity contribution is 1.07. The van der Waals surface area contributed by atoms with Crippen molar-refractivity contribution in [2.45, 2.75) is 0 Å². The third-order valence-electron chi connectivity index (χ3n) is 2.97. The second kappa shape index (κ2) is 5.23. The molecule has 0 aliphatic rings. The maximum absolute atomic E-state index is 12.3. The van der Waals surface area contributed by atoms with E-state index in [1.807, 2.05) is 42.5 Å². The third-order valence-corrected chi connectivity index (χ3v) is 3.81. The van der Waals surface area contributed by atoms with Gasteiger partial charge in [0.1, 0.15) is 17.5 Å². The molecule has 0 spiro atoms. The summed E-state index contributed by atoms with van der Waals surface area (Å²) in [7, 11) is 0. The molecule has 2 N–H and O–H groups in total. The molecule has 0 saturated heterocycles. The van der Waals surface area contributed by atoms with Crippen LogP contribution in [0.5, 0.6) is 0 Å². The number of nitriles is 1. The number of rotatable bonds is 2. The molecule has 0 bridgehead atoms. The van der Waals surface area contributed by atoms with Crippen LogP contribution in [-0.2, 0) is 0 Å². The molecule has 0 unspecified atom stereocenters. The monoisotopic (exact) mass is 294 g/mol. The van der Waals surface area contributed by atoms with E-state index < -0.39 is 5.56 Å². The van der Waals surface area contributed by atoms with Gasteiger partial charge in [0.05, 0.1) is 5.69 Å². The van der Waals surface area contributed by atoms with Gasteiger partial charge in [0.15, 0.2) is 4.96 Å². The van der Waals surface area contributed by atoms with Crippen molar-refractivity contribution < 1.29 is 0 Å². The van der Waals surface area contributed by atoms with Crippen molar-refractivity contribution in [1.82, 2.24) is 9.38 Å². The Bertz CT molecular complexity index is 932. The van der Waals surface area contributed by atoms with Crippen molar-refractivity contribution in [2.75, 3.05) is 5.73 Å². The molecule has 2 aromatic heterocycles. The first-order valence-corrected chi connectivity index (χ1v) is 7.01. The lowest BCUT2D eigenvalue weighted by atomic mass is 10.1. The second-order valence-corrected chi connectivity index (χ2v) is 5.15. The fraction of sp³-hybridized carbons (Fsp3) is 0. The van der Waals surface area contributed by atoms with Crippen LogP contribution in [0.25, 0.3) is 17.1 Å². The van der Waals surface area contributed by atoms with Gasteiger partial charge in [0.25, 0.3) is 5.56 Å². The van der Waals surface area contributed by atoms with Crippen molar-refractivity contribution in [1.29, 1.82) is 5.26 Å². The lowest BCUT2D eigenvalue weighted by Crippen LogP contribution is -2.20. The van der Waals surface area contributed by atoms with E-state index in [9.17, 15) is 10.1 Å². The van der Waals surface area contributed by atoms with Crippen LogP contribution in [0.15, 0.2) is 40.5 Å². The smallest absolute Gasteiger partial charge is 0.278 e. The fourth-order valence-corrected chi connectivity index (χ4v) is 2.73. The number of nitrogens with two attached hydrogens (primary N) is 1. The largest absolute Gasteiger partial charge is 0.384 e. The Morgan fingerprint density at radius 2 is 2.05 bits per heavy atom. The molecule has 0 atom stereocenters. The summed E-state index contributed by atoms with van der Waals surface area (Å²) in [6, 6.07) is 11.5. The third kappa shape index (κ3) is 2.30. The average Bonchev–Trinajstić information content (AvgIpc) is 2.88. The van der Waals surface area contributed by atoms with Crippen LogP contribution >= 0.6 is 11.3 Å². The Morgan fingerprint density at radius 1 is 1.29 bits per heavy atom. The van der Waals surface area contributed by atoms with Gasteiger partial charge in [-0.2, -0.15) is 5.26 Å². The van der Waals surface area contributed by atoms with Crippen LogP contribution in [-0.4, -0.2) is 9.38 Å². The molecule has 21 heavy (non-hydrogen) atoms. The first kappa shape index (κ1) is 13.1. The number of hydrogen-bond donors (Lipinski definition) is 1. The van der Waals surface area contributed by atoms with E-state index in [2.05, 4.69) is 4.98 Å². The zero-order chi connectivity index (χ0) is 14.8. The summed E-state index contributed by atoms with van der Waals surface area (Å²) in [6.45, 7) is 0. The number of nitrogens with zero attached hydrogens (tertiary/aromatic N) is 3. The second-order valence-electron chi connectivity index (χ2n) is 4.31. The highest BCUT2D eigenvalue weighted by Crippen LogP contribution is 2.17. The van der Waals surface area contributed by atoms with Crippen molar-refractivity contribution in [3.05, 3.63) is 62.9 Å². The average molecular weight is 294 g/mol. The van der Waals surface area contributed by atoms with Crippen molar-refractivity contribution in [2.24, 2.45) is 0 Å². The summed E-state index contributed by atoms with van der Waals surface area (Å²) in [6.07, 6.45) is 3.49. The molecule has 5 nitrogen and oxygen atoms in total. The summed E-state index contributed by atoms with van der Waals surface area (Å²) in [5.74, 6) is 0.294. The van der Waals surface area contributed by atoms with Crippen LogP contribution in [0, 0.1) is 11.3 Å². The Kier molecular flexibility index (Phi) is 3.26. The number of fused-ring (bicyclic) bond motifs is 1. The predicted octanol–water partition coefficient (Wildman–Crippen LogP) is 2.38. The molecule has 6 heteroatoms. The molecule has 0 radical (unpaired) electrons. The van der Waals surface area contributed by atoms with E-state index in [1.54, 1.807) is 11.5 Å². The number of anilines is 1.